The molecule has 3 rings (SSSR count). The van der Waals surface area contributed by atoms with Gasteiger partial charge in [0, 0.05) is 24.6 Å². The van der Waals surface area contributed by atoms with Crippen LogP contribution in [0.5, 0.6) is 23.0 Å². The average Bonchev–Trinajstić information content (AvgIpc) is 3.27. The van der Waals surface area contributed by atoms with Crippen molar-refractivity contribution in [2.24, 2.45) is 0 Å². The molecule has 0 aliphatic carbocycles. The third-order valence-corrected chi connectivity index (χ3v) is 4.85. The number of hydrogen-bond acceptors (Lipinski definition) is 6. The maximum atomic E-state index is 12.5. The largest absolute Gasteiger partial charge is 0.497 e. The Bertz CT molecular complexity index is 1000. The molecular weight excluding hydrogens is 398 g/mol. The Morgan fingerprint density at radius 1 is 0.839 bits per heavy atom. The number of amides is 1. The number of benzene rings is 2. The summed E-state index contributed by atoms with van der Waals surface area (Å²) in [6.45, 7) is 0.453. The highest BCUT2D eigenvalue weighted by molar-refractivity contribution is 5.91. The van der Waals surface area contributed by atoms with Gasteiger partial charge in [-0.2, -0.15) is 0 Å². The molecule has 3 aromatic rings. The van der Waals surface area contributed by atoms with Crippen molar-refractivity contribution < 1.29 is 28.2 Å². The van der Waals surface area contributed by atoms with Crippen LogP contribution >= 0.6 is 0 Å². The number of rotatable bonds is 10. The van der Waals surface area contributed by atoms with Gasteiger partial charge in [-0.25, -0.2) is 0 Å². The molecule has 0 atom stereocenters. The lowest BCUT2D eigenvalue weighted by atomic mass is 10.1. The van der Waals surface area contributed by atoms with Crippen LogP contribution in [0.25, 0.3) is 0 Å². The number of methoxy groups -OCH3 is 4. The number of carbonyl (C=O) groups is 1. The van der Waals surface area contributed by atoms with Crippen LogP contribution in [0, 0.1) is 0 Å². The molecule has 0 aliphatic heterocycles. The van der Waals surface area contributed by atoms with Crippen molar-refractivity contribution in [1.82, 2.24) is 5.32 Å². The minimum atomic E-state index is -0.265. The molecule has 0 saturated carbocycles. The van der Waals surface area contributed by atoms with E-state index in [-0.39, 0.29) is 11.7 Å². The Morgan fingerprint density at radius 3 is 2.19 bits per heavy atom. The zero-order valence-electron chi connectivity index (χ0n) is 18.2. The summed E-state index contributed by atoms with van der Waals surface area (Å²) in [6.07, 6.45) is 1.12. The van der Waals surface area contributed by atoms with E-state index in [1.54, 1.807) is 40.6 Å². The molecule has 0 fully saturated rings. The van der Waals surface area contributed by atoms with Crippen molar-refractivity contribution in [2.45, 2.75) is 12.8 Å². The van der Waals surface area contributed by atoms with E-state index in [0.717, 1.165) is 22.6 Å². The fourth-order valence-electron chi connectivity index (χ4n) is 3.22. The third-order valence-electron chi connectivity index (χ3n) is 4.85. The molecule has 0 spiro atoms. The molecule has 7 nitrogen and oxygen atoms in total. The minimum Gasteiger partial charge on any atom is -0.497 e. The number of hydrogen-bond donors (Lipinski definition) is 1. The summed E-state index contributed by atoms with van der Waals surface area (Å²) >= 11 is 0. The van der Waals surface area contributed by atoms with Crippen LogP contribution in [0.15, 0.2) is 52.9 Å². The Balaban J connectivity index is 1.60. The summed E-state index contributed by atoms with van der Waals surface area (Å²) in [6, 6.07) is 14.7. The number of nitrogens with one attached hydrogen (secondary N) is 1. The zero-order valence-corrected chi connectivity index (χ0v) is 18.2. The first kappa shape index (κ1) is 22.1. The smallest absolute Gasteiger partial charge is 0.287 e. The van der Waals surface area contributed by atoms with E-state index in [0.29, 0.717) is 36.6 Å². The second-order valence-electron chi connectivity index (χ2n) is 6.85. The number of ether oxygens (including phenoxy) is 4. The van der Waals surface area contributed by atoms with Gasteiger partial charge < -0.3 is 28.7 Å². The third kappa shape index (κ3) is 5.72. The molecule has 1 heterocycles. The van der Waals surface area contributed by atoms with Gasteiger partial charge in [0.1, 0.15) is 28.8 Å². The Hall–Kier alpha value is -3.61. The molecule has 1 amide bonds. The van der Waals surface area contributed by atoms with Crippen LogP contribution in [0.3, 0.4) is 0 Å². The second kappa shape index (κ2) is 10.4. The summed E-state index contributed by atoms with van der Waals surface area (Å²) < 4.78 is 27.0. The molecule has 164 valence electrons. The van der Waals surface area contributed by atoms with Crippen molar-refractivity contribution in [1.29, 1.82) is 0 Å². The van der Waals surface area contributed by atoms with Crippen molar-refractivity contribution in [3.63, 3.8) is 0 Å². The lowest BCUT2D eigenvalue weighted by Gasteiger charge is -2.09. The van der Waals surface area contributed by atoms with Crippen LogP contribution < -0.4 is 24.3 Å². The van der Waals surface area contributed by atoms with Crippen LogP contribution in [0.4, 0.5) is 0 Å². The number of furan rings is 1. The average molecular weight is 425 g/mol. The van der Waals surface area contributed by atoms with Crippen LogP contribution in [0.1, 0.15) is 27.4 Å². The van der Waals surface area contributed by atoms with Crippen molar-refractivity contribution in [3.8, 4) is 23.0 Å². The van der Waals surface area contributed by atoms with Crippen molar-refractivity contribution in [3.05, 3.63) is 71.2 Å². The molecular formula is C24H27NO6. The van der Waals surface area contributed by atoms with Gasteiger partial charge in [-0.3, -0.25) is 4.79 Å². The normalized spacial score (nSPS) is 10.5. The molecule has 0 saturated heterocycles. The molecule has 1 aromatic heterocycles. The quantitative estimate of drug-likeness (QED) is 0.531. The van der Waals surface area contributed by atoms with Gasteiger partial charge in [-0.05, 0) is 54.4 Å². The second-order valence-corrected chi connectivity index (χ2v) is 6.85. The van der Waals surface area contributed by atoms with E-state index in [1.807, 2.05) is 36.4 Å². The van der Waals surface area contributed by atoms with Crippen LogP contribution in [-0.2, 0) is 12.8 Å². The Kier molecular flexibility index (Phi) is 7.43. The van der Waals surface area contributed by atoms with Crippen LogP contribution in [0.2, 0.25) is 0 Å². The highest BCUT2D eigenvalue weighted by Crippen LogP contribution is 2.27. The van der Waals surface area contributed by atoms with Crippen molar-refractivity contribution >= 4 is 5.91 Å². The van der Waals surface area contributed by atoms with Gasteiger partial charge in [0.25, 0.3) is 5.91 Å². The topological polar surface area (TPSA) is 79.2 Å². The monoisotopic (exact) mass is 425 g/mol. The van der Waals surface area contributed by atoms with Gasteiger partial charge in [-0.15, -0.1) is 0 Å². The lowest BCUT2D eigenvalue weighted by molar-refractivity contribution is 0.0925. The molecule has 0 radical (unpaired) electrons. The predicted molar refractivity (Wildman–Crippen MR) is 117 cm³/mol. The maximum Gasteiger partial charge on any atom is 0.287 e. The fourth-order valence-corrected chi connectivity index (χ4v) is 3.22. The van der Waals surface area contributed by atoms with E-state index < -0.39 is 0 Å². The van der Waals surface area contributed by atoms with Gasteiger partial charge >= 0.3 is 0 Å². The Morgan fingerprint density at radius 2 is 1.55 bits per heavy atom. The first-order chi connectivity index (χ1) is 15.1. The summed E-state index contributed by atoms with van der Waals surface area (Å²) in [7, 11) is 6.44. The molecule has 1 N–H and O–H groups in total. The van der Waals surface area contributed by atoms with Gasteiger partial charge in [0.2, 0.25) is 0 Å². The van der Waals surface area contributed by atoms with Gasteiger partial charge in [0.05, 0.1) is 28.4 Å². The first-order valence-electron chi connectivity index (χ1n) is 9.86. The molecule has 0 aliphatic rings. The highest BCUT2D eigenvalue weighted by Gasteiger charge is 2.14. The summed E-state index contributed by atoms with van der Waals surface area (Å²) in [4.78, 5) is 12.5. The summed E-state index contributed by atoms with van der Waals surface area (Å²) in [5, 5.41) is 2.88. The van der Waals surface area contributed by atoms with Crippen LogP contribution in [-0.4, -0.2) is 40.9 Å². The fraction of sp³-hybridized carbons (Fsp3) is 0.292. The number of carbonyl (C=O) groups excluding carboxylic acids is 1. The molecule has 31 heavy (non-hydrogen) atoms. The standard InChI is InChI=1S/C24H27NO6/c1-27-18-5-7-22(30-4)17(13-18)14-19-6-8-23(31-19)24(26)25-10-9-16-11-20(28-2)15-21(12-16)29-3/h5-8,11-13,15H,9-10,14H2,1-4H3,(H,25,26). The molecule has 0 unspecified atom stereocenters. The summed E-state index contributed by atoms with van der Waals surface area (Å²) in [5.74, 6) is 3.55. The van der Waals surface area contributed by atoms with Gasteiger partial charge in [0.15, 0.2) is 5.76 Å². The van der Waals surface area contributed by atoms with E-state index in [2.05, 4.69) is 5.32 Å². The van der Waals surface area contributed by atoms with E-state index in [9.17, 15) is 4.79 Å². The van der Waals surface area contributed by atoms with E-state index in [1.165, 1.54) is 0 Å². The van der Waals surface area contributed by atoms with E-state index in [4.69, 9.17) is 23.4 Å². The predicted octanol–water partition coefficient (Wildman–Crippen LogP) is 3.88. The lowest BCUT2D eigenvalue weighted by Crippen LogP contribution is -2.25. The molecule has 0 bridgehead atoms. The van der Waals surface area contributed by atoms with Crippen molar-refractivity contribution in [2.75, 3.05) is 35.0 Å². The Labute approximate surface area is 181 Å². The zero-order chi connectivity index (χ0) is 22.2. The molecule has 7 heteroatoms. The summed E-state index contributed by atoms with van der Waals surface area (Å²) in [5.41, 5.74) is 1.91. The molecule has 2 aromatic carbocycles. The highest BCUT2D eigenvalue weighted by atomic mass is 16.5. The maximum absolute atomic E-state index is 12.5. The minimum absolute atomic E-state index is 0.264. The SMILES string of the molecule is COc1cc(CCNC(=O)c2ccc(Cc3cc(OC)ccc3OC)o2)cc(OC)c1. The van der Waals surface area contributed by atoms with E-state index >= 15 is 0 Å². The first-order valence-corrected chi connectivity index (χ1v) is 9.86. The van der Waals surface area contributed by atoms with Gasteiger partial charge in [-0.1, -0.05) is 0 Å².